The number of nitrogens with one attached hydrogen (secondary N) is 1. The number of nitrogens with zero attached hydrogens (tertiary/aromatic N) is 2. The number of carbonyl (C=O) groups excluding carboxylic acids is 1. The summed E-state index contributed by atoms with van der Waals surface area (Å²) in [5.74, 6) is -0.257. The third kappa shape index (κ3) is 5.47. The van der Waals surface area contributed by atoms with Crippen LogP contribution in [0.2, 0.25) is 0 Å². The van der Waals surface area contributed by atoms with Gasteiger partial charge in [-0.2, -0.15) is 0 Å². The van der Waals surface area contributed by atoms with E-state index in [-0.39, 0.29) is 23.5 Å². The van der Waals surface area contributed by atoms with Crippen molar-refractivity contribution in [1.29, 1.82) is 0 Å². The maximum Gasteiger partial charge on any atom is 0.235 e. The molecule has 0 aromatic carbocycles. The standard InChI is InChI=1S/C14H30N4O/c1-11(2)16-12(13(15)19)10-17-6-8-18(9-7-17)14(3,4)5/h11-12,16H,6-10H2,1-5H3,(H2,15,19). The Balaban J connectivity index is 2.44. The number of amides is 1. The SMILES string of the molecule is CC(C)NC(CN1CCN(C(C)(C)C)CC1)C(N)=O. The first-order valence-electron chi connectivity index (χ1n) is 7.23. The van der Waals surface area contributed by atoms with Gasteiger partial charge in [-0.1, -0.05) is 13.8 Å². The second-order valence-corrected chi connectivity index (χ2v) is 6.73. The normalized spacial score (nSPS) is 20.7. The van der Waals surface area contributed by atoms with Crippen LogP contribution in [0.3, 0.4) is 0 Å². The lowest BCUT2D eigenvalue weighted by atomic mass is 10.0. The molecule has 5 heteroatoms. The van der Waals surface area contributed by atoms with Crippen molar-refractivity contribution in [1.82, 2.24) is 15.1 Å². The Morgan fingerprint density at radius 1 is 1.21 bits per heavy atom. The van der Waals surface area contributed by atoms with E-state index in [1.165, 1.54) is 0 Å². The number of carbonyl (C=O) groups is 1. The van der Waals surface area contributed by atoms with Gasteiger partial charge in [0, 0.05) is 44.3 Å². The summed E-state index contributed by atoms with van der Waals surface area (Å²) in [6.07, 6.45) is 0. The van der Waals surface area contributed by atoms with Crippen LogP contribution in [-0.2, 0) is 4.79 Å². The van der Waals surface area contributed by atoms with E-state index in [1.807, 2.05) is 13.8 Å². The largest absolute Gasteiger partial charge is 0.368 e. The summed E-state index contributed by atoms with van der Waals surface area (Å²) in [6.45, 7) is 15.6. The Hall–Kier alpha value is -0.650. The van der Waals surface area contributed by atoms with Crippen LogP contribution in [-0.4, -0.2) is 66.1 Å². The lowest BCUT2D eigenvalue weighted by Gasteiger charge is -2.43. The van der Waals surface area contributed by atoms with Gasteiger partial charge in [0.15, 0.2) is 0 Å². The molecule has 1 saturated heterocycles. The minimum atomic E-state index is -0.257. The highest BCUT2D eigenvalue weighted by molar-refractivity contribution is 5.80. The van der Waals surface area contributed by atoms with Crippen molar-refractivity contribution < 1.29 is 4.79 Å². The summed E-state index contributed by atoms with van der Waals surface area (Å²) in [5.41, 5.74) is 5.69. The van der Waals surface area contributed by atoms with Crippen molar-refractivity contribution in [2.24, 2.45) is 5.73 Å². The number of hydrogen-bond acceptors (Lipinski definition) is 4. The Morgan fingerprint density at radius 3 is 2.11 bits per heavy atom. The molecular weight excluding hydrogens is 240 g/mol. The van der Waals surface area contributed by atoms with E-state index < -0.39 is 0 Å². The fourth-order valence-corrected chi connectivity index (χ4v) is 2.49. The van der Waals surface area contributed by atoms with E-state index in [2.05, 4.69) is 35.9 Å². The molecule has 1 atom stereocenters. The van der Waals surface area contributed by atoms with Gasteiger partial charge in [-0.05, 0) is 20.8 Å². The van der Waals surface area contributed by atoms with Gasteiger partial charge in [0.25, 0.3) is 0 Å². The number of hydrogen-bond donors (Lipinski definition) is 2. The van der Waals surface area contributed by atoms with Gasteiger partial charge in [-0.15, -0.1) is 0 Å². The Morgan fingerprint density at radius 2 is 1.74 bits per heavy atom. The molecule has 3 N–H and O–H groups in total. The summed E-state index contributed by atoms with van der Waals surface area (Å²) < 4.78 is 0. The van der Waals surface area contributed by atoms with Gasteiger partial charge in [0.2, 0.25) is 5.91 Å². The molecule has 1 aliphatic rings. The van der Waals surface area contributed by atoms with Crippen molar-refractivity contribution in [2.45, 2.75) is 52.2 Å². The first-order valence-corrected chi connectivity index (χ1v) is 7.23. The molecular formula is C14H30N4O. The third-order valence-corrected chi connectivity index (χ3v) is 3.64. The zero-order chi connectivity index (χ0) is 14.6. The second-order valence-electron chi connectivity index (χ2n) is 6.73. The van der Waals surface area contributed by atoms with E-state index in [1.54, 1.807) is 0 Å². The molecule has 0 aliphatic carbocycles. The summed E-state index contributed by atoms with van der Waals surface area (Å²) in [6, 6.07) is 0.0227. The first-order chi connectivity index (χ1) is 8.70. The number of primary amides is 1. The molecule has 0 spiro atoms. The first kappa shape index (κ1) is 16.4. The highest BCUT2D eigenvalue weighted by atomic mass is 16.1. The van der Waals surface area contributed by atoms with Crippen LogP contribution >= 0.6 is 0 Å². The zero-order valence-electron chi connectivity index (χ0n) is 13.1. The predicted octanol–water partition coefficient (Wildman–Crippen LogP) is 0.254. The Kier molecular flexibility index (Phi) is 5.77. The summed E-state index contributed by atoms with van der Waals surface area (Å²) >= 11 is 0. The number of rotatable bonds is 5. The van der Waals surface area contributed by atoms with Crippen LogP contribution in [0, 0.1) is 0 Å². The van der Waals surface area contributed by atoms with Crippen LogP contribution in [0.15, 0.2) is 0 Å². The van der Waals surface area contributed by atoms with Gasteiger partial charge in [-0.3, -0.25) is 14.6 Å². The van der Waals surface area contributed by atoms with Crippen LogP contribution in [0.4, 0.5) is 0 Å². The Labute approximate surface area is 117 Å². The Bertz CT molecular complexity index is 290. The van der Waals surface area contributed by atoms with Crippen molar-refractivity contribution in [3.63, 3.8) is 0 Å². The number of piperazine rings is 1. The molecule has 0 saturated carbocycles. The maximum atomic E-state index is 11.5. The molecule has 1 aliphatic heterocycles. The van der Waals surface area contributed by atoms with E-state index in [0.29, 0.717) is 6.54 Å². The third-order valence-electron chi connectivity index (χ3n) is 3.64. The van der Waals surface area contributed by atoms with Gasteiger partial charge < -0.3 is 11.1 Å². The van der Waals surface area contributed by atoms with Crippen molar-refractivity contribution >= 4 is 5.91 Å². The highest BCUT2D eigenvalue weighted by Gasteiger charge is 2.27. The summed E-state index contributed by atoms with van der Waals surface area (Å²) in [4.78, 5) is 16.3. The molecule has 112 valence electrons. The maximum absolute atomic E-state index is 11.5. The lowest BCUT2D eigenvalue weighted by Crippen LogP contribution is -2.57. The second kappa shape index (κ2) is 6.68. The summed E-state index contributed by atoms with van der Waals surface area (Å²) in [7, 11) is 0. The van der Waals surface area contributed by atoms with Gasteiger partial charge in [0.1, 0.15) is 0 Å². The van der Waals surface area contributed by atoms with Gasteiger partial charge >= 0.3 is 0 Å². The topological polar surface area (TPSA) is 61.6 Å². The average molecular weight is 270 g/mol. The van der Waals surface area contributed by atoms with Gasteiger partial charge in [-0.25, -0.2) is 0 Å². The van der Waals surface area contributed by atoms with E-state index in [9.17, 15) is 4.79 Å². The predicted molar refractivity (Wildman–Crippen MR) is 79.0 cm³/mol. The van der Waals surface area contributed by atoms with Crippen LogP contribution < -0.4 is 11.1 Å². The molecule has 1 rings (SSSR count). The van der Waals surface area contributed by atoms with E-state index in [4.69, 9.17) is 5.73 Å². The van der Waals surface area contributed by atoms with Crippen LogP contribution in [0.25, 0.3) is 0 Å². The fraction of sp³-hybridized carbons (Fsp3) is 0.929. The molecule has 0 radical (unpaired) electrons. The van der Waals surface area contributed by atoms with Crippen molar-refractivity contribution in [2.75, 3.05) is 32.7 Å². The molecule has 1 unspecified atom stereocenters. The van der Waals surface area contributed by atoms with Gasteiger partial charge in [0.05, 0.1) is 6.04 Å². The smallest absolute Gasteiger partial charge is 0.235 e. The average Bonchev–Trinajstić information content (AvgIpc) is 2.27. The zero-order valence-corrected chi connectivity index (χ0v) is 13.1. The number of nitrogens with two attached hydrogens (primary N) is 1. The quantitative estimate of drug-likeness (QED) is 0.752. The minimum Gasteiger partial charge on any atom is -0.368 e. The lowest BCUT2D eigenvalue weighted by molar-refractivity contribution is -0.120. The molecule has 0 aromatic rings. The molecule has 5 nitrogen and oxygen atoms in total. The molecule has 1 amide bonds. The molecule has 19 heavy (non-hydrogen) atoms. The van der Waals surface area contributed by atoms with E-state index in [0.717, 1.165) is 26.2 Å². The van der Waals surface area contributed by atoms with Crippen molar-refractivity contribution in [3.05, 3.63) is 0 Å². The molecule has 1 fully saturated rings. The highest BCUT2D eigenvalue weighted by Crippen LogP contribution is 2.15. The molecule has 1 heterocycles. The summed E-state index contributed by atoms with van der Waals surface area (Å²) in [5, 5.41) is 3.24. The van der Waals surface area contributed by atoms with Crippen LogP contribution in [0.1, 0.15) is 34.6 Å². The molecule has 0 bridgehead atoms. The van der Waals surface area contributed by atoms with Crippen LogP contribution in [0.5, 0.6) is 0 Å². The molecule has 0 aromatic heterocycles. The monoisotopic (exact) mass is 270 g/mol. The van der Waals surface area contributed by atoms with E-state index >= 15 is 0 Å². The fourth-order valence-electron chi connectivity index (χ4n) is 2.49. The van der Waals surface area contributed by atoms with Crippen molar-refractivity contribution in [3.8, 4) is 0 Å². The minimum absolute atomic E-state index is 0.228.